The van der Waals surface area contributed by atoms with E-state index >= 15 is 0 Å². The lowest BCUT2D eigenvalue weighted by Gasteiger charge is -2.07. The van der Waals surface area contributed by atoms with Crippen LogP contribution in [-0.4, -0.2) is 5.97 Å². The molecular weight excluding hydrogens is 262 g/mol. The molecule has 3 nitrogen and oxygen atoms in total. The van der Waals surface area contributed by atoms with Crippen LogP contribution in [0.15, 0.2) is 42.5 Å². The summed E-state index contributed by atoms with van der Waals surface area (Å²) in [6.07, 6.45) is 1.06. The molecule has 0 spiro atoms. The Kier molecular flexibility index (Phi) is 4.99. The molecule has 0 aromatic heterocycles. The van der Waals surface area contributed by atoms with Crippen molar-refractivity contribution in [3.05, 3.63) is 64.7 Å². The fourth-order valence-electron chi connectivity index (χ4n) is 2.32. The van der Waals surface area contributed by atoms with Crippen molar-refractivity contribution >= 4 is 11.7 Å². The van der Waals surface area contributed by atoms with E-state index in [-0.39, 0.29) is 5.97 Å². The van der Waals surface area contributed by atoms with Gasteiger partial charge in [-0.25, -0.2) is 0 Å². The number of nitrogen functional groups attached to an aromatic ring is 1. The molecule has 0 radical (unpaired) electrons. The Labute approximate surface area is 125 Å². The lowest BCUT2D eigenvalue weighted by atomic mass is 10.1. The van der Waals surface area contributed by atoms with Crippen molar-refractivity contribution in [2.24, 2.45) is 0 Å². The van der Waals surface area contributed by atoms with Gasteiger partial charge in [-0.15, -0.1) is 0 Å². The maximum Gasteiger partial charge on any atom is 0.306 e. The van der Waals surface area contributed by atoms with E-state index in [9.17, 15) is 4.79 Å². The predicted molar refractivity (Wildman–Crippen MR) is 84.9 cm³/mol. The molecule has 0 aliphatic carbocycles. The smallest absolute Gasteiger partial charge is 0.306 e. The standard InChI is InChI=1S/C18H21NO2/c1-13-9-14(2)11-16(10-13)12-21-18(20)8-5-15-3-6-17(19)7-4-15/h3-4,6-7,9-11H,5,8,12,19H2,1-2H3. The normalized spacial score (nSPS) is 10.4. The first-order valence-corrected chi connectivity index (χ1v) is 7.10. The van der Waals surface area contributed by atoms with Crippen molar-refractivity contribution in [1.29, 1.82) is 0 Å². The summed E-state index contributed by atoms with van der Waals surface area (Å²) in [6, 6.07) is 13.7. The van der Waals surface area contributed by atoms with Gasteiger partial charge in [-0.3, -0.25) is 4.79 Å². The lowest BCUT2D eigenvalue weighted by molar-refractivity contribution is -0.144. The van der Waals surface area contributed by atoms with E-state index in [1.807, 2.05) is 50.2 Å². The minimum absolute atomic E-state index is 0.175. The van der Waals surface area contributed by atoms with Crippen molar-refractivity contribution in [1.82, 2.24) is 0 Å². The van der Waals surface area contributed by atoms with Gasteiger partial charge in [0.25, 0.3) is 0 Å². The van der Waals surface area contributed by atoms with Crippen molar-refractivity contribution in [2.45, 2.75) is 33.3 Å². The number of esters is 1. The van der Waals surface area contributed by atoms with E-state index in [0.29, 0.717) is 19.4 Å². The zero-order valence-electron chi connectivity index (χ0n) is 12.6. The average Bonchev–Trinajstić information content (AvgIpc) is 2.43. The summed E-state index contributed by atoms with van der Waals surface area (Å²) < 4.78 is 5.32. The topological polar surface area (TPSA) is 52.3 Å². The Bertz CT molecular complexity index is 597. The number of ether oxygens (including phenoxy) is 1. The maximum atomic E-state index is 11.8. The Balaban J connectivity index is 1.80. The van der Waals surface area contributed by atoms with Crippen LogP contribution in [-0.2, 0) is 22.6 Å². The fourth-order valence-corrected chi connectivity index (χ4v) is 2.32. The number of carbonyl (C=O) groups excluding carboxylic acids is 1. The van der Waals surface area contributed by atoms with E-state index in [4.69, 9.17) is 10.5 Å². The monoisotopic (exact) mass is 283 g/mol. The third-order valence-corrected chi connectivity index (χ3v) is 3.28. The highest BCUT2D eigenvalue weighted by Crippen LogP contribution is 2.11. The predicted octanol–water partition coefficient (Wildman–Crippen LogP) is 3.56. The van der Waals surface area contributed by atoms with Crippen LogP contribution in [0, 0.1) is 13.8 Å². The van der Waals surface area contributed by atoms with Gasteiger partial charge in [0.15, 0.2) is 0 Å². The fraction of sp³-hybridized carbons (Fsp3) is 0.278. The minimum atomic E-state index is -0.175. The molecule has 0 amide bonds. The average molecular weight is 283 g/mol. The highest BCUT2D eigenvalue weighted by molar-refractivity contribution is 5.69. The summed E-state index contributed by atoms with van der Waals surface area (Å²) >= 11 is 0. The highest BCUT2D eigenvalue weighted by Gasteiger charge is 2.05. The number of benzene rings is 2. The van der Waals surface area contributed by atoms with E-state index in [1.54, 1.807) is 0 Å². The minimum Gasteiger partial charge on any atom is -0.461 e. The molecule has 0 saturated heterocycles. The third-order valence-electron chi connectivity index (χ3n) is 3.28. The van der Waals surface area contributed by atoms with Crippen molar-refractivity contribution in [3.63, 3.8) is 0 Å². The van der Waals surface area contributed by atoms with Gasteiger partial charge < -0.3 is 10.5 Å². The van der Waals surface area contributed by atoms with Crippen LogP contribution in [0.5, 0.6) is 0 Å². The number of hydrogen-bond donors (Lipinski definition) is 1. The van der Waals surface area contributed by atoms with Crippen molar-refractivity contribution in [2.75, 3.05) is 5.73 Å². The molecule has 0 heterocycles. The zero-order chi connectivity index (χ0) is 15.2. The maximum absolute atomic E-state index is 11.8. The molecule has 3 heteroatoms. The van der Waals surface area contributed by atoms with Gasteiger partial charge in [-0.2, -0.15) is 0 Å². The summed E-state index contributed by atoms with van der Waals surface area (Å²) in [5, 5.41) is 0. The Morgan fingerprint density at radius 1 is 1.00 bits per heavy atom. The second-order valence-corrected chi connectivity index (χ2v) is 5.40. The number of anilines is 1. The molecule has 0 unspecified atom stereocenters. The molecule has 2 rings (SSSR count). The van der Waals surface area contributed by atoms with Gasteiger partial charge >= 0.3 is 5.97 Å². The van der Waals surface area contributed by atoms with Crippen LogP contribution in [0.1, 0.15) is 28.7 Å². The highest BCUT2D eigenvalue weighted by atomic mass is 16.5. The molecular formula is C18H21NO2. The van der Waals surface area contributed by atoms with Crippen LogP contribution in [0.2, 0.25) is 0 Å². The Hall–Kier alpha value is -2.29. The van der Waals surface area contributed by atoms with E-state index < -0.39 is 0 Å². The molecule has 110 valence electrons. The number of rotatable bonds is 5. The van der Waals surface area contributed by atoms with Gasteiger partial charge in [0.2, 0.25) is 0 Å². The molecule has 0 aliphatic rings. The molecule has 0 bridgehead atoms. The molecule has 2 aromatic carbocycles. The molecule has 21 heavy (non-hydrogen) atoms. The van der Waals surface area contributed by atoms with Gasteiger partial charge in [-0.05, 0) is 43.5 Å². The molecule has 0 atom stereocenters. The molecule has 2 aromatic rings. The summed E-state index contributed by atoms with van der Waals surface area (Å²) in [5.74, 6) is -0.175. The summed E-state index contributed by atoms with van der Waals surface area (Å²) in [6.45, 7) is 4.42. The first-order valence-electron chi connectivity index (χ1n) is 7.10. The second-order valence-electron chi connectivity index (χ2n) is 5.40. The van der Waals surface area contributed by atoms with Crippen molar-refractivity contribution < 1.29 is 9.53 Å². The van der Waals surface area contributed by atoms with Crippen LogP contribution >= 0.6 is 0 Å². The Morgan fingerprint density at radius 2 is 1.62 bits per heavy atom. The zero-order valence-corrected chi connectivity index (χ0v) is 12.6. The summed E-state index contributed by atoms with van der Waals surface area (Å²) in [4.78, 5) is 11.8. The number of aryl methyl sites for hydroxylation is 3. The van der Waals surface area contributed by atoms with Crippen LogP contribution in [0.3, 0.4) is 0 Å². The van der Waals surface area contributed by atoms with E-state index in [2.05, 4.69) is 6.07 Å². The van der Waals surface area contributed by atoms with E-state index in [0.717, 1.165) is 16.8 Å². The molecule has 0 fully saturated rings. The lowest BCUT2D eigenvalue weighted by Crippen LogP contribution is -2.06. The number of carbonyl (C=O) groups is 1. The van der Waals surface area contributed by atoms with Crippen molar-refractivity contribution in [3.8, 4) is 0 Å². The summed E-state index contributed by atoms with van der Waals surface area (Å²) in [7, 11) is 0. The quantitative estimate of drug-likeness (QED) is 0.674. The van der Waals surface area contributed by atoms with Crippen LogP contribution in [0.25, 0.3) is 0 Å². The van der Waals surface area contributed by atoms with Gasteiger partial charge in [0, 0.05) is 12.1 Å². The van der Waals surface area contributed by atoms with Gasteiger partial charge in [0.1, 0.15) is 6.61 Å². The summed E-state index contributed by atoms with van der Waals surface area (Å²) in [5.41, 5.74) is 10.9. The van der Waals surface area contributed by atoms with E-state index in [1.165, 1.54) is 11.1 Å². The SMILES string of the molecule is Cc1cc(C)cc(COC(=O)CCc2ccc(N)cc2)c1. The molecule has 0 saturated carbocycles. The van der Waals surface area contributed by atoms with Gasteiger partial charge in [-0.1, -0.05) is 41.5 Å². The number of hydrogen-bond acceptors (Lipinski definition) is 3. The first kappa shape index (κ1) is 15.1. The second kappa shape index (κ2) is 6.93. The number of nitrogens with two attached hydrogens (primary N) is 1. The van der Waals surface area contributed by atoms with Gasteiger partial charge in [0.05, 0.1) is 0 Å². The molecule has 0 aliphatic heterocycles. The Morgan fingerprint density at radius 3 is 2.24 bits per heavy atom. The van der Waals surface area contributed by atoms with Crippen LogP contribution < -0.4 is 5.73 Å². The van der Waals surface area contributed by atoms with Crippen LogP contribution in [0.4, 0.5) is 5.69 Å². The third kappa shape index (κ3) is 4.95. The largest absolute Gasteiger partial charge is 0.461 e. The first-order chi connectivity index (χ1) is 10.0. The molecule has 2 N–H and O–H groups in total.